The molecule has 162 valence electrons. The van der Waals surface area contributed by atoms with Gasteiger partial charge in [0.2, 0.25) is 11.9 Å². The van der Waals surface area contributed by atoms with Gasteiger partial charge in [-0.3, -0.25) is 4.79 Å². The molecule has 1 unspecified atom stereocenters. The van der Waals surface area contributed by atoms with E-state index in [0.717, 1.165) is 5.69 Å². The van der Waals surface area contributed by atoms with Gasteiger partial charge >= 0.3 is 11.9 Å². The fraction of sp³-hybridized carbons (Fsp3) is 0.286. The predicted octanol–water partition coefficient (Wildman–Crippen LogP) is 1.54. The Morgan fingerprint density at radius 3 is 2.10 bits per heavy atom. The Morgan fingerprint density at radius 2 is 1.61 bits per heavy atom. The number of hydrogen-bond donors (Lipinski definition) is 2. The number of azo groups is 1. The third-order valence-electron chi connectivity index (χ3n) is 4.50. The minimum atomic E-state index is -1.93. The summed E-state index contributed by atoms with van der Waals surface area (Å²) in [4.78, 5) is 36.8. The quantitative estimate of drug-likeness (QED) is 0.386. The first-order chi connectivity index (χ1) is 14.8. The van der Waals surface area contributed by atoms with E-state index in [1.807, 2.05) is 43.3 Å². The van der Waals surface area contributed by atoms with Crippen molar-refractivity contribution in [1.29, 1.82) is 0 Å². The Hall–Kier alpha value is -3.63. The summed E-state index contributed by atoms with van der Waals surface area (Å²) >= 11 is 0. The zero-order chi connectivity index (χ0) is 22.5. The van der Waals surface area contributed by atoms with E-state index in [0.29, 0.717) is 11.4 Å². The van der Waals surface area contributed by atoms with Crippen molar-refractivity contribution in [1.82, 2.24) is 0 Å². The van der Waals surface area contributed by atoms with Gasteiger partial charge in [-0.2, -0.15) is 10.2 Å². The van der Waals surface area contributed by atoms with Crippen molar-refractivity contribution in [2.45, 2.75) is 18.3 Å². The van der Waals surface area contributed by atoms with Crippen LogP contribution in [0.3, 0.4) is 0 Å². The second-order valence-electron chi connectivity index (χ2n) is 6.99. The minimum absolute atomic E-state index is 0.191. The summed E-state index contributed by atoms with van der Waals surface area (Å²) in [6, 6.07) is 13.6. The van der Waals surface area contributed by atoms with Crippen molar-refractivity contribution in [3.8, 4) is 0 Å². The summed E-state index contributed by atoms with van der Waals surface area (Å²) in [5.41, 5.74) is 2.43. The summed E-state index contributed by atoms with van der Waals surface area (Å²) < 4.78 is 9.53. The van der Waals surface area contributed by atoms with Crippen molar-refractivity contribution in [3.63, 3.8) is 0 Å². The lowest BCUT2D eigenvalue weighted by atomic mass is 10.1. The summed E-state index contributed by atoms with van der Waals surface area (Å²) in [6.07, 6.45) is -5.07. The molecule has 1 saturated heterocycles. The molecular formula is C21H21N3O7. The molecule has 0 spiro atoms. The van der Waals surface area contributed by atoms with Crippen molar-refractivity contribution in [2.24, 2.45) is 10.2 Å². The number of aliphatic hydroxyl groups is 2. The van der Waals surface area contributed by atoms with Crippen LogP contribution in [0.1, 0.15) is 10.4 Å². The Kier molecular flexibility index (Phi) is 6.73. The van der Waals surface area contributed by atoms with Crippen molar-refractivity contribution in [3.05, 3.63) is 54.1 Å². The minimum Gasteiger partial charge on any atom is -0.459 e. The zero-order valence-electron chi connectivity index (χ0n) is 16.8. The third kappa shape index (κ3) is 5.30. The maximum atomic E-state index is 12.1. The van der Waals surface area contributed by atoms with E-state index in [4.69, 9.17) is 4.74 Å². The van der Waals surface area contributed by atoms with E-state index in [1.165, 1.54) is 12.1 Å². The second kappa shape index (κ2) is 9.45. The number of anilines is 1. The molecule has 2 aromatic carbocycles. The lowest BCUT2D eigenvalue weighted by molar-refractivity contribution is -0.151. The number of benzene rings is 2. The molecule has 0 aliphatic carbocycles. The van der Waals surface area contributed by atoms with Crippen molar-refractivity contribution in [2.75, 3.05) is 25.6 Å². The van der Waals surface area contributed by atoms with Crippen LogP contribution in [0.15, 0.2) is 58.8 Å². The smallest absolute Gasteiger partial charge is 0.343 e. The van der Waals surface area contributed by atoms with Gasteiger partial charge in [0.1, 0.15) is 12.7 Å². The molecule has 0 saturated carbocycles. The first-order valence-electron chi connectivity index (χ1n) is 9.33. The predicted molar refractivity (Wildman–Crippen MR) is 109 cm³/mol. The first kappa shape index (κ1) is 22.1. The van der Waals surface area contributed by atoms with Gasteiger partial charge in [-0.05, 0) is 48.5 Å². The number of rotatable bonds is 7. The van der Waals surface area contributed by atoms with Crippen molar-refractivity contribution >= 4 is 34.8 Å². The summed E-state index contributed by atoms with van der Waals surface area (Å²) in [5, 5.41) is 27.4. The van der Waals surface area contributed by atoms with Crippen LogP contribution in [0, 0.1) is 0 Å². The normalized spacial score (nSPS) is 19.4. The van der Waals surface area contributed by atoms with Crippen LogP contribution < -0.4 is 4.90 Å². The van der Waals surface area contributed by atoms with Gasteiger partial charge in [-0.1, -0.05) is 0 Å². The van der Waals surface area contributed by atoms with Crippen LogP contribution in [0.5, 0.6) is 0 Å². The number of hydrogen-bond acceptors (Lipinski definition) is 10. The van der Waals surface area contributed by atoms with Gasteiger partial charge in [0.25, 0.3) is 0 Å². The Morgan fingerprint density at radius 1 is 1.06 bits per heavy atom. The second-order valence-corrected chi connectivity index (χ2v) is 6.99. The number of Topliss-reactive ketones (excluding diaryl/α,β-unsaturated/α-hetero) is 1. The molecule has 1 fully saturated rings. The number of carbonyl (C=O) groups is 3. The van der Waals surface area contributed by atoms with Gasteiger partial charge in [0, 0.05) is 19.8 Å². The SMILES string of the molecule is CN(C)c1ccc(N=Nc2ccc(C(=O)OC[C@@H](O)[C@H]3OC(=O)C(O)C3=O)cc2)cc1. The summed E-state index contributed by atoms with van der Waals surface area (Å²) in [6.45, 7) is -0.584. The maximum absolute atomic E-state index is 12.1. The lowest BCUT2D eigenvalue weighted by Crippen LogP contribution is -2.38. The molecule has 3 rings (SSSR count). The fourth-order valence-electron chi connectivity index (χ4n) is 2.72. The van der Waals surface area contributed by atoms with E-state index in [1.54, 1.807) is 12.1 Å². The number of aliphatic hydroxyl groups excluding tert-OH is 2. The molecule has 2 aromatic rings. The standard InChI is InChI=1S/C21H21N3O7/c1-24(2)15-9-7-14(8-10-15)23-22-13-5-3-12(4-6-13)20(28)30-11-16(25)19-17(26)18(27)21(29)31-19/h3-10,16,18-19,25,27H,11H2,1-2H3/t16-,18?,19-/m1/s1. The highest BCUT2D eigenvalue weighted by Gasteiger charge is 2.46. The Labute approximate surface area is 177 Å². The largest absolute Gasteiger partial charge is 0.459 e. The highest BCUT2D eigenvalue weighted by Crippen LogP contribution is 2.22. The molecule has 0 amide bonds. The van der Waals surface area contributed by atoms with E-state index >= 15 is 0 Å². The molecule has 10 heteroatoms. The highest BCUT2D eigenvalue weighted by atomic mass is 16.6. The van der Waals surface area contributed by atoms with Crippen LogP contribution in [0.2, 0.25) is 0 Å². The zero-order valence-corrected chi connectivity index (χ0v) is 16.8. The first-order valence-corrected chi connectivity index (χ1v) is 9.33. The van der Waals surface area contributed by atoms with Crippen LogP contribution in [-0.4, -0.2) is 66.9 Å². The number of ether oxygens (including phenoxy) is 2. The van der Waals surface area contributed by atoms with Crippen LogP contribution >= 0.6 is 0 Å². The molecule has 2 N–H and O–H groups in total. The fourth-order valence-corrected chi connectivity index (χ4v) is 2.72. The van der Waals surface area contributed by atoms with Gasteiger partial charge < -0.3 is 24.6 Å². The topological polar surface area (TPSA) is 138 Å². The van der Waals surface area contributed by atoms with Crippen LogP contribution in [-0.2, 0) is 19.1 Å². The van der Waals surface area contributed by atoms with E-state index in [-0.39, 0.29) is 5.56 Å². The number of nitrogens with zero attached hydrogens (tertiary/aromatic N) is 3. The molecule has 1 aliphatic heterocycles. The van der Waals surface area contributed by atoms with Gasteiger partial charge in [0.05, 0.1) is 16.9 Å². The average molecular weight is 427 g/mol. The van der Waals surface area contributed by atoms with Crippen molar-refractivity contribution < 1.29 is 34.1 Å². The van der Waals surface area contributed by atoms with Crippen LogP contribution in [0.25, 0.3) is 0 Å². The number of esters is 2. The van der Waals surface area contributed by atoms with Gasteiger partial charge in [-0.15, -0.1) is 0 Å². The highest BCUT2D eigenvalue weighted by molar-refractivity contribution is 6.09. The molecule has 0 aromatic heterocycles. The summed E-state index contributed by atoms with van der Waals surface area (Å²) in [5.74, 6) is -2.86. The summed E-state index contributed by atoms with van der Waals surface area (Å²) in [7, 11) is 3.88. The number of ketones is 1. The Bertz CT molecular complexity index is 987. The molecule has 31 heavy (non-hydrogen) atoms. The van der Waals surface area contributed by atoms with E-state index in [2.05, 4.69) is 15.0 Å². The average Bonchev–Trinajstić information content (AvgIpc) is 3.03. The van der Waals surface area contributed by atoms with Gasteiger partial charge in [0.15, 0.2) is 6.10 Å². The molecule has 1 heterocycles. The van der Waals surface area contributed by atoms with Gasteiger partial charge in [-0.25, -0.2) is 9.59 Å². The van der Waals surface area contributed by atoms with E-state index in [9.17, 15) is 24.6 Å². The molecular weight excluding hydrogens is 406 g/mol. The lowest BCUT2D eigenvalue weighted by Gasteiger charge is -2.15. The number of cyclic esters (lactones) is 1. The third-order valence-corrected chi connectivity index (χ3v) is 4.50. The molecule has 0 radical (unpaired) electrons. The van der Waals surface area contributed by atoms with Crippen LogP contribution in [0.4, 0.5) is 17.1 Å². The molecule has 0 bridgehead atoms. The monoisotopic (exact) mass is 427 g/mol. The molecule has 3 atom stereocenters. The molecule has 1 aliphatic rings. The maximum Gasteiger partial charge on any atom is 0.343 e. The Balaban J connectivity index is 1.54. The molecule has 10 nitrogen and oxygen atoms in total. The van der Waals surface area contributed by atoms with E-state index < -0.39 is 42.6 Å². The number of carbonyl (C=O) groups excluding carboxylic acids is 3.